The standard InChI is InChI=1S/C16H21FN2O2/c17-11-7-8-13(14(15(11)18)16(20)21)19-9-3-6-12(19)10-4-1-2-5-10/h7-8,10,12H,1-6,9,18H2,(H,20,21). The minimum atomic E-state index is -1.15. The molecular weight excluding hydrogens is 271 g/mol. The van der Waals surface area contributed by atoms with Crippen LogP contribution in [-0.4, -0.2) is 23.7 Å². The minimum Gasteiger partial charge on any atom is -0.478 e. The number of rotatable bonds is 3. The maximum atomic E-state index is 13.6. The molecule has 114 valence electrons. The van der Waals surface area contributed by atoms with Crippen molar-refractivity contribution in [1.82, 2.24) is 0 Å². The van der Waals surface area contributed by atoms with E-state index < -0.39 is 11.8 Å². The van der Waals surface area contributed by atoms with Gasteiger partial charge in [-0.2, -0.15) is 0 Å². The molecule has 5 heteroatoms. The number of hydrogen-bond acceptors (Lipinski definition) is 3. The maximum absolute atomic E-state index is 13.6. The van der Waals surface area contributed by atoms with Gasteiger partial charge in [-0.15, -0.1) is 0 Å². The van der Waals surface area contributed by atoms with E-state index in [1.165, 1.54) is 31.7 Å². The van der Waals surface area contributed by atoms with Crippen molar-refractivity contribution >= 4 is 17.3 Å². The number of halogens is 1. The number of hydrogen-bond donors (Lipinski definition) is 2. The van der Waals surface area contributed by atoms with E-state index in [0.29, 0.717) is 17.6 Å². The highest BCUT2D eigenvalue weighted by Crippen LogP contribution is 2.40. The van der Waals surface area contributed by atoms with Gasteiger partial charge >= 0.3 is 5.97 Å². The molecule has 1 unspecified atom stereocenters. The maximum Gasteiger partial charge on any atom is 0.340 e. The smallest absolute Gasteiger partial charge is 0.340 e. The number of anilines is 2. The molecule has 0 radical (unpaired) electrons. The first-order chi connectivity index (χ1) is 10.1. The molecule has 1 heterocycles. The second kappa shape index (κ2) is 5.54. The molecule has 2 fully saturated rings. The lowest BCUT2D eigenvalue weighted by Crippen LogP contribution is -2.35. The molecule has 1 aromatic rings. The lowest BCUT2D eigenvalue weighted by molar-refractivity contribution is 0.0698. The largest absolute Gasteiger partial charge is 0.478 e. The Labute approximate surface area is 123 Å². The Morgan fingerprint density at radius 2 is 1.95 bits per heavy atom. The molecule has 1 aliphatic carbocycles. The predicted octanol–water partition coefficient (Wildman–Crippen LogP) is 3.27. The average molecular weight is 292 g/mol. The molecule has 21 heavy (non-hydrogen) atoms. The molecule has 3 rings (SSSR count). The number of carboxylic acid groups (broad SMARTS) is 1. The highest BCUT2D eigenvalue weighted by atomic mass is 19.1. The zero-order valence-electron chi connectivity index (χ0n) is 12.0. The monoisotopic (exact) mass is 292 g/mol. The van der Waals surface area contributed by atoms with Crippen LogP contribution in [-0.2, 0) is 0 Å². The number of carbonyl (C=O) groups is 1. The number of nitrogens with two attached hydrogens (primary N) is 1. The fourth-order valence-electron chi connectivity index (χ4n) is 3.97. The Balaban J connectivity index is 1.99. The number of nitrogen functional groups attached to an aromatic ring is 1. The van der Waals surface area contributed by atoms with Crippen LogP contribution in [0.15, 0.2) is 12.1 Å². The molecule has 4 nitrogen and oxygen atoms in total. The van der Waals surface area contributed by atoms with Crippen LogP contribution >= 0.6 is 0 Å². The number of benzene rings is 1. The zero-order valence-corrected chi connectivity index (χ0v) is 12.0. The van der Waals surface area contributed by atoms with Crippen molar-refractivity contribution in [1.29, 1.82) is 0 Å². The van der Waals surface area contributed by atoms with Gasteiger partial charge in [-0.1, -0.05) is 12.8 Å². The summed E-state index contributed by atoms with van der Waals surface area (Å²) in [6.07, 6.45) is 7.07. The number of aromatic carboxylic acids is 1. The van der Waals surface area contributed by atoms with Gasteiger partial charge in [0.2, 0.25) is 0 Å². The Bertz CT molecular complexity index is 555. The third-order valence-electron chi connectivity index (χ3n) is 4.94. The summed E-state index contributed by atoms with van der Waals surface area (Å²) in [7, 11) is 0. The van der Waals surface area contributed by atoms with Gasteiger partial charge in [0.15, 0.2) is 0 Å². The highest BCUT2D eigenvalue weighted by molar-refractivity contribution is 6.00. The molecule has 1 atom stereocenters. The Morgan fingerprint density at radius 3 is 2.62 bits per heavy atom. The summed E-state index contributed by atoms with van der Waals surface area (Å²) in [6.45, 7) is 0.826. The van der Waals surface area contributed by atoms with Crippen LogP contribution in [0.2, 0.25) is 0 Å². The van der Waals surface area contributed by atoms with E-state index in [4.69, 9.17) is 5.73 Å². The van der Waals surface area contributed by atoms with E-state index in [0.717, 1.165) is 19.4 Å². The average Bonchev–Trinajstić information content (AvgIpc) is 3.10. The van der Waals surface area contributed by atoms with E-state index >= 15 is 0 Å². The van der Waals surface area contributed by atoms with Crippen LogP contribution in [0.25, 0.3) is 0 Å². The van der Waals surface area contributed by atoms with Crippen LogP contribution in [0.4, 0.5) is 15.8 Å². The molecule has 3 N–H and O–H groups in total. The van der Waals surface area contributed by atoms with Crippen LogP contribution in [0, 0.1) is 11.7 Å². The molecule has 0 aromatic heterocycles. The predicted molar refractivity (Wildman–Crippen MR) is 80.1 cm³/mol. The molecule has 0 spiro atoms. The van der Waals surface area contributed by atoms with Crippen molar-refractivity contribution in [3.05, 3.63) is 23.5 Å². The van der Waals surface area contributed by atoms with Gasteiger partial charge in [-0.05, 0) is 43.7 Å². The summed E-state index contributed by atoms with van der Waals surface area (Å²) in [5, 5.41) is 9.41. The summed E-state index contributed by atoms with van der Waals surface area (Å²) in [5.41, 5.74) is 5.91. The molecule has 1 aliphatic heterocycles. The van der Waals surface area contributed by atoms with Gasteiger partial charge in [0.1, 0.15) is 11.4 Å². The molecule has 2 aliphatic rings. The number of nitrogens with zero attached hydrogens (tertiary/aromatic N) is 1. The molecular formula is C16H21FN2O2. The van der Waals surface area contributed by atoms with Gasteiger partial charge in [-0.25, -0.2) is 9.18 Å². The van der Waals surface area contributed by atoms with Crippen LogP contribution < -0.4 is 10.6 Å². The third kappa shape index (κ3) is 2.45. The number of carboxylic acids is 1. The quantitative estimate of drug-likeness (QED) is 0.839. The second-order valence-electron chi connectivity index (χ2n) is 6.11. The van der Waals surface area contributed by atoms with E-state index in [2.05, 4.69) is 4.90 Å². The highest BCUT2D eigenvalue weighted by Gasteiger charge is 2.35. The Morgan fingerprint density at radius 1 is 1.24 bits per heavy atom. The van der Waals surface area contributed by atoms with E-state index in [1.54, 1.807) is 6.07 Å². The lowest BCUT2D eigenvalue weighted by atomic mass is 9.95. The van der Waals surface area contributed by atoms with Crippen LogP contribution in [0.3, 0.4) is 0 Å². The first-order valence-corrected chi connectivity index (χ1v) is 7.67. The van der Waals surface area contributed by atoms with Gasteiger partial charge in [0, 0.05) is 12.6 Å². The second-order valence-corrected chi connectivity index (χ2v) is 6.11. The van der Waals surface area contributed by atoms with Gasteiger partial charge < -0.3 is 15.7 Å². The summed E-state index contributed by atoms with van der Waals surface area (Å²) >= 11 is 0. The van der Waals surface area contributed by atoms with E-state index in [9.17, 15) is 14.3 Å². The summed E-state index contributed by atoms with van der Waals surface area (Å²) in [4.78, 5) is 13.7. The molecule has 1 saturated carbocycles. The molecule has 0 amide bonds. The third-order valence-corrected chi connectivity index (χ3v) is 4.94. The molecule has 1 aromatic carbocycles. The molecule has 0 bridgehead atoms. The normalized spacial score (nSPS) is 22.9. The van der Waals surface area contributed by atoms with Gasteiger partial charge in [0.25, 0.3) is 0 Å². The van der Waals surface area contributed by atoms with Crippen molar-refractivity contribution in [2.45, 2.75) is 44.6 Å². The van der Waals surface area contributed by atoms with Crippen molar-refractivity contribution < 1.29 is 14.3 Å². The fourth-order valence-corrected chi connectivity index (χ4v) is 3.97. The minimum absolute atomic E-state index is 0.0834. The lowest BCUT2D eigenvalue weighted by Gasteiger charge is -2.32. The SMILES string of the molecule is Nc1c(F)ccc(N2CCCC2C2CCCC2)c1C(=O)O. The Kier molecular flexibility index (Phi) is 3.74. The van der Waals surface area contributed by atoms with Crippen molar-refractivity contribution in [3.8, 4) is 0 Å². The van der Waals surface area contributed by atoms with E-state index in [1.807, 2.05) is 0 Å². The van der Waals surface area contributed by atoms with Crippen molar-refractivity contribution in [2.24, 2.45) is 5.92 Å². The first-order valence-electron chi connectivity index (χ1n) is 7.67. The van der Waals surface area contributed by atoms with Crippen LogP contribution in [0.5, 0.6) is 0 Å². The van der Waals surface area contributed by atoms with Crippen LogP contribution in [0.1, 0.15) is 48.9 Å². The first kappa shape index (κ1) is 14.2. The Hall–Kier alpha value is -1.78. The molecule has 1 saturated heterocycles. The van der Waals surface area contributed by atoms with Gasteiger partial charge in [0.05, 0.1) is 11.4 Å². The van der Waals surface area contributed by atoms with E-state index in [-0.39, 0.29) is 11.3 Å². The summed E-state index contributed by atoms with van der Waals surface area (Å²) in [5.74, 6) is -1.19. The summed E-state index contributed by atoms with van der Waals surface area (Å²) in [6, 6.07) is 3.22. The zero-order chi connectivity index (χ0) is 15.0. The topological polar surface area (TPSA) is 66.6 Å². The summed E-state index contributed by atoms with van der Waals surface area (Å²) < 4.78 is 13.6. The fraction of sp³-hybridized carbons (Fsp3) is 0.562. The van der Waals surface area contributed by atoms with Gasteiger partial charge in [-0.3, -0.25) is 0 Å². The van der Waals surface area contributed by atoms with Crippen molar-refractivity contribution in [2.75, 3.05) is 17.2 Å². The van der Waals surface area contributed by atoms with Crippen molar-refractivity contribution in [3.63, 3.8) is 0 Å².